The first-order chi connectivity index (χ1) is 25.3. The molecule has 0 aromatic heterocycles. The minimum absolute atomic E-state index is 0.0800. The lowest BCUT2D eigenvalue weighted by molar-refractivity contribution is -0.134. The van der Waals surface area contributed by atoms with Crippen molar-refractivity contribution in [2.75, 3.05) is 18.2 Å². The van der Waals surface area contributed by atoms with Crippen LogP contribution in [0.1, 0.15) is 52.5 Å². The average Bonchev–Trinajstić information content (AvgIpc) is 3.56. The number of amides is 4. The van der Waals surface area contributed by atoms with Gasteiger partial charge in [-0.2, -0.15) is 0 Å². The van der Waals surface area contributed by atoms with E-state index in [0.29, 0.717) is 12.1 Å². The molecule has 4 rings (SSSR count). The van der Waals surface area contributed by atoms with Crippen LogP contribution in [0.25, 0.3) is 10.8 Å². The largest absolute Gasteiger partial charge is 0.445 e. The third-order valence-electron chi connectivity index (χ3n) is 9.02. The van der Waals surface area contributed by atoms with Gasteiger partial charge in [0.15, 0.2) is 0 Å². The van der Waals surface area contributed by atoms with Crippen LogP contribution in [0, 0.1) is 5.92 Å². The number of hydrogen-bond donors (Lipinski definition) is 7. The molecule has 0 radical (unpaired) electrons. The van der Waals surface area contributed by atoms with Gasteiger partial charge in [-0.3, -0.25) is 19.3 Å². The number of alkyl carbamates (subject to hydrolysis) is 1. The van der Waals surface area contributed by atoms with Crippen LogP contribution in [0.4, 0.5) is 10.5 Å². The maximum absolute atomic E-state index is 14.2. The second-order valence-corrected chi connectivity index (χ2v) is 13.8. The molecule has 3 aromatic carbocycles. The molecule has 14 heteroatoms. The topological polar surface area (TPSA) is 207 Å². The molecule has 3 aromatic rings. The van der Waals surface area contributed by atoms with Gasteiger partial charge < -0.3 is 46.6 Å². The predicted molar refractivity (Wildman–Crippen MR) is 201 cm³/mol. The van der Waals surface area contributed by atoms with E-state index in [1.807, 2.05) is 67.3 Å². The molecule has 53 heavy (non-hydrogen) atoms. The molecule has 0 saturated carbocycles. The summed E-state index contributed by atoms with van der Waals surface area (Å²) in [5, 5.41) is 40.6. The smallest absolute Gasteiger partial charge is 0.408 e. The number of ether oxygens (including phenoxy) is 1. The van der Waals surface area contributed by atoms with E-state index in [4.69, 9.17) is 10.5 Å². The van der Waals surface area contributed by atoms with Gasteiger partial charge in [0.25, 0.3) is 0 Å². The van der Waals surface area contributed by atoms with E-state index in [1.165, 1.54) is 11.8 Å². The maximum Gasteiger partial charge on any atom is 0.408 e. The van der Waals surface area contributed by atoms with Gasteiger partial charge in [0.2, 0.25) is 17.7 Å². The number of nitrogens with one attached hydrogen (secondary N) is 3. The summed E-state index contributed by atoms with van der Waals surface area (Å²) in [7, 11) is 0. The lowest BCUT2D eigenvalue weighted by Crippen LogP contribution is -2.60. The standard InChI is InChI=1S/C39H52N6O8/c1-24(2)17-18-34(48)35(37(50)41-32(21-46)26(4)47)43-36(49)31(42-39(52)53-22-27-11-6-5-7-12-27)19-29-20-44(38(51)25(3)40)23-45(29)33-16-10-14-28-13-8-9-15-30(28)33/h5-16,20,24-26,31-32,34-35,46-48H,17-19,21-23,40H2,1-4H3,(H,41,50)(H,42,52)(H,43,49)/t25-,26?,31-,32?,34-,35?/m0/s1. The summed E-state index contributed by atoms with van der Waals surface area (Å²) < 4.78 is 5.46. The molecule has 14 nitrogen and oxygen atoms in total. The number of carbonyl (C=O) groups is 4. The highest BCUT2D eigenvalue weighted by Crippen LogP contribution is 2.34. The summed E-state index contributed by atoms with van der Waals surface area (Å²) in [6.45, 7) is 6.28. The fourth-order valence-electron chi connectivity index (χ4n) is 5.94. The van der Waals surface area contributed by atoms with Crippen LogP contribution in [0.15, 0.2) is 84.7 Å². The maximum atomic E-state index is 14.2. The van der Waals surface area contributed by atoms with Gasteiger partial charge in [-0.1, -0.05) is 80.6 Å². The molecule has 1 aliphatic rings. The summed E-state index contributed by atoms with van der Waals surface area (Å²) in [4.78, 5) is 57.5. The van der Waals surface area contributed by atoms with E-state index in [9.17, 15) is 34.5 Å². The number of carbonyl (C=O) groups excluding carboxylic acids is 4. The quantitative estimate of drug-likeness (QED) is 0.108. The minimum atomic E-state index is -1.51. The van der Waals surface area contributed by atoms with Gasteiger partial charge in [-0.15, -0.1) is 0 Å². The van der Waals surface area contributed by atoms with Crippen molar-refractivity contribution in [3.63, 3.8) is 0 Å². The molecular weight excluding hydrogens is 680 g/mol. The number of nitrogens with two attached hydrogens (primary N) is 1. The Balaban J connectivity index is 1.69. The normalized spacial score (nSPS) is 16.3. The van der Waals surface area contributed by atoms with Crippen LogP contribution < -0.4 is 26.6 Å². The molecule has 8 N–H and O–H groups in total. The number of anilines is 1. The van der Waals surface area contributed by atoms with E-state index < -0.39 is 60.9 Å². The zero-order chi connectivity index (χ0) is 38.7. The Bertz CT molecular complexity index is 1730. The Kier molecular flexibility index (Phi) is 14.7. The Hall–Kier alpha value is -5.02. The molecular formula is C39H52N6O8. The van der Waals surface area contributed by atoms with Crippen molar-refractivity contribution in [1.29, 1.82) is 0 Å². The first kappa shape index (κ1) is 40.7. The van der Waals surface area contributed by atoms with Crippen LogP contribution in [0.5, 0.6) is 0 Å². The van der Waals surface area contributed by atoms with Crippen LogP contribution in [-0.4, -0.2) is 93.7 Å². The first-order valence-electron chi connectivity index (χ1n) is 17.9. The monoisotopic (exact) mass is 732 g/mol. The Morgan fingerprint density at radius 1 is 0.849 bits per heavy atom. The highest BCUT2D eigenvalue weighted by Gasteiger charge is 2.36. The average molecular weight is 733 g/mol. The summed E-state index contributed by atoms with van der Waals surface area (Å²) in [6.07, 6.45) is -1.29. The van der Waals surface area contributed by atoms with Crippen molar-refractivity contribution in [2.24, 2.45) is 11.7 Å². The fourth-order valence-corrected chi connectivity index (χ4v) is 5.94. The van der Waals surface area contributed by atoms with Gasteiger partial charge >= 0.3 is 6.09 Å². The van der Waals surface area contributed by atoms with Crippen LogP contribution >= 0.6 is 0 Å². The van der Waals surface area contributed by atoms with Gasteiger partial charge in [0, 0.05) is 23.7 Å². The molecule has 6 atom stereocenters. The second kappa shape index (κ2) is 19.2. The van der Waals surface area contributed by atoms with Gasteiger partial charge in [0.1, 0.15) is 25.4 Å². The van der Waals surface area contributed by atoms with E-state index >= 15 is 0 Å². The van der Waals surface area contributed by atoms with E-state index in [2.05, 4.69) is 16.0 Å². The molecule has 286 valence electrons. The Morgan fingerprint density at radius 3 is 2.19 bits per heavy atom. The molecule has 3 unspecified atom stereocenters. The Morgan fingerprint density at radius 2 is 1.53 bits per heavy atom. The third-order valence-corrected chi connectivity index (χ3v) is 9.02. The van der Waals surface area contributed by atoms with Crippen molar-refractivity contribution in [2.45, 2.75) is 89.9 Å². The number of aliphatic hydroxyl groups is 3. The van der Waals surface area contributed by atoms with Crippen LogP contribution in [0.2, 0.25) is 0 Å². The van der Waals surface area contributed by atoms with Crippen molar-refractivity contribution in [3.05, 3.63) is 90.3 Å². The van der Waals surface area contributed by atoms with E-state index in [-0.39, 0.29) is 37.9 Å². The summed E-state index contributed by atoms with van der Waals surface area (Å²) >= 11 is 0. The number of fused-ring (bicyclic) bond motifs is 1. The van der Waals surface area contributed by atoms with Crippen molar-refractivity contribution in [3.8, 4) is 0 Å². The predicted octanol–water partition coefficient (Wildman–Crippen LogP) is 2.46. The third kappa shape index (κ3) is 11.2. The lowest BCUT2D eigenvalue weighted by atomic mass is 9.98. The highest BCUT2D eigenvalue weighted by molar-refractivity contribution is 5.96. The first-order valence-corrected chi connectivity index (χ1v) is 17.9. The van der Waals surface area contributed by atoms with Gasteiger partial charge in [0.05, 0.1) is 36.6 Å². The summed E-state index contributed by atoms with van der Waals surface area (Å²) in [5.41, 5.74) is 7.93. The van der Waals surface area contributed by atoms with Gasteiger partial charge in [-0.05, 0) is 49.6 Å². The van der Waals surface area contributed by atoms with Crippen molar-refractivity contribution < 1.29 is 39.2 Å². The Labute approximate surface area is 310 Å². The number of nitrogens with zero attached hydrogens (tertiary/aromatic N) is 2. The number of hydrogen-bond acceptors (Lipinski definition) is 10. The number of benzene rings is 3. The molecule has 0 saturated heterocycles. The van der Waals surface area contributed by atoms with Crippen LogP contribution in [0.3, 0.4) is 0 Å². The molecule has 0 spiro atoms. The lowest BCUT2D eigenvalue weighted by Gasteiger charge is -2.30. The minimum Gasteiger partial charge on any atom is -0.445 e. The number of rotatable bonds is 17. The molecule has 4 amide bonds. The van der Waals surface area contributed by atoms with Crippen molar-refractivity contribution >= 4 is 40.3 Å². The number of aliphatic hydroxyl groups excluding tert-OH is 3. The summed E-state index contributed by atoms with van der Waals surface area (Å²) in [5.74, 6) is -1.83. The van der Waals surface area contributed by atoms with Crippen molar-refractivity contribution in [1.82, 2.24) is 20.9 Å². The summed E-state index contributed by atoms with van der Waals surface area (Å²) in [6, 6.07) is 17.6. The molecule has 0 bridgehead atoms. The zero-order valence-corrected chi connectivity index (χ0v) is 30.6. The van der Waals surface area contributed by atoms with E-state index in [1.54, 1.807) is 37.4 Å². The van der Waals surface area contributed by atoms with Gasteiger partial charge in [-0.25, -0.2) is 4.79 Å². The van der Waals surface area contributed by atoms with Crippen LogP contribution in [-0.2, 0) is 25.7 Å². The molecule has 1 heterocycles. The molecule has 0 aliphatic carbocycles. The van der Waals surface area contributed by atoms with E-state index in [0.717, 1.165) is 22.0 Å². The SMILES string of the molecule is CC(C)CC[C@H](O)C(NC(=O)[C@H](CC1=CN(C(=O)[C@H](C)N)CN1c1cccc2ccccc12)NC(=O)OCc1ccccc1)C(=O)NC(CO)C(C)O. The molecule has 0 fully saturated rings. The second-order valence-electron chi connectivity index (χ2n) is 13.8. The fraction of sp³-hybridized carbons (Fsp3) is 0.436. The zero-order valence-electron chi connectivity index (χ0n) is 30.6. The molecule has 1 aliphatic heterocycles. The highest BCUT2D eigenvalue weighted by atomic mass is 16.5.